The molecule has 0 saturated heterocycles. The summed E-state index contributed by atoms with van der Waals surface area (Å²) in [6, 6.07) is 5.54. The Kier molecular flexibility index (Phi) is 14.5. The first kappa shape index (κ1) is 28.0. The highest BCUT2D eigenvalue weighted by molar-refractivity contribution is 6.02. The van der Waals surface area contributed by atoms with Gasteiger partial charge in [0.2, 0.25) is 5.91 Å². The third-order valence-electron chi connectivity index (χ3n) is 5.69. The summed E-state index contributed by atoms with van der Waals surface area (Å²) in [6.07, 6.45) is 14.5. The minimum atomic E-state index is -0.108. The topological polar surface area (TPSA) is 61.4 Å². The van der Waals surface area contributed by atoms with E-state index >= 15 is 0 Å². The maximum atomic E-state index is 12.6. The predicted molar refractivity (Wildman–Crippen MR) is 138 cm³/mol. The molecule has 5 heteroatoms. The van der Waals surface area contributed by atoms with Gasteiger partial charge in [-0.2, -0.15) is 0 Å². The zero-order valence-corrected chi connectivity index (χ0v) is 21.3. The van der Waals surface area contributed by atoms with Crippen molar-refractivity contribution in [3.05, 3.63) is 23.8 Å². The van der Waals surface area contributed by atoms with E-state index in [1.807, 2.05) is 31.1 Å². The molecule has 0 unspecified atom stereocenters. The van der Waals surface area contributed by atoms with Crippen LogP contribution in [0.4, 0.5) is 11.4 Å². The van der Waals surface area contributed by atoms with Crippen molar-refractivity contribution in [2.75, 3.05) is 30.9 Å². The third kappa shape index (κ3) is 12.1. The van der Waals surface area contributed by atoms with Crippen LogP contribution in [-0.4, -0.2) is 32.5 Å². The van der Waals surface area contributed by atoms with E-state index in [2.05, 4.69) is 31.4 Å². The normalized spacial score (nSPS) is 10.9. The van der Waals surface area contributed by atoms with E-state index < -0.39 is 0 Å². The van der Waals surface area contributed by atoms with Crippen LogP contribution in [-0.2, 0) is 4.79 Å². The van der Waals surface area contributed by atoms with Gasteiger partial charge in [-0.1, -0.05) is 85.0 Å². The first-order valence-corrected chi connectivity index (χ1v) is 12.7. The summed E-state index contributed by atoms with van der Waals surface area (Å²) >= 11 is 0. The van der Waals surface area contributed by atoms with Crippen LogP contribution in [0.25, 0.3) is 0 Å². The molecule has 0 radical (unpaired) electrons. The zero-order chi connectivity index (χ0) is 23.8. The van der Waals surface area contributed by atoms with Gasteiger partial charge in [-0.3, -0.25) is 9.59 Å². The standard InChI is InChI=1S/C27H47N3O2/c1-6-7-8-9-10-11-12-13-14-15-16-17-26(31)29-23-18-19-25(30(4)5)24(20-23)27(32)28-21-22(2)3/h18-20,22H,6-17,21H2,1-5H3,(H,28,32)(H,29,31). The molecule has 0 fully saturated rings. The lowest BCUT2D eigenvalue weighted by Gasteiger charge is -2.19. The van der Waals surface area contributed by atoms with Crippen LogP contribution < -0.4 is 15.5 Å². The largest absolute Gasteiger partial charge is 0.377 e. The number of hydrogen-bond donors (Lipinski definition) is 2. The number of carbonyl (C=O) groups excluding carboxylic acids is 2. The Morgan fingerprint density at radius 2 is 1.44 bits per heavy atom. The molecule has 0 heterocycles. The van der Waals surface area contributed by atoms with Crippen molar-refractivity contribution < 1.29 is 9.59 Å². The summed E-state index contributed by atoms with van der Waals surface area (Å²) in [6.45, 7) is 7.02. The van der Waals surface area contributed by atoms with E-state index in [1.54, 1.807) is 6.07 Å². The first-order chi connectivity index (χ1) is 15.3. The van der Waals surface area contributed by atoms with Crippen molar-refractivity contribution in [3.8, 4) is 0 Å². The molecule has 1 aromatic carbocycles. The molecule has 0 atom stereocenters. The molecule has 0 aromatic heterocycles. The van der Waals surface area contributed by atoms with Gasteiger partial charge in [0.1, 0.15) is 0 Å². The molecule has 32 heavy (non-hydrogen) atoms. The highest BCUT2D eigenvalue weighted by Gasteiger charge is 2.15. The molecule has 182 valence electrons. The summed E-state index contributed by atoms with van der Waals surface area (Å²) in [5.74, 6) is 0.298. The van der Waals surface area contributed by atoms with E-state index in [0.717, 1.165) is 18.5 Å². The summed E-state index contributed by atoms with van der Waals surface area (Å²) in [7, 11) is 3.83. The van der Waals surface area contributed by atoms with Crippen molar-refractivity contribution >= 4 is 23.2 Å². The highest BCUT2D eigenvalue weighted by atomic mass is 16.2. The summed E-state index contributed by atoms with van der Waals surface area (Å²) in [5, 5.41) is 5.94. The number of unbranched alkanes of at least 4 members (excludes halogenated alkanes) is 10. The second-order valence-corrected chi connectivity index (χ2v) is 9.56. The maximum absolute atomic E-state index is 12.6. The average molecular weight is 446 g/mol. The number of nitrogens with one attached hydrogen (secondary N) is 2. The minimum Gasteiger partial charge on any atom is -0.377 e. The van der Waals surface area contributed by atoms with Crippen molar-refractivity contribution in [2.45, 2.75) is 97.8 Å². The van der Waals surface area contributed by atoms with E-state index in [4.69, 9.17) is 0 Å². The predicted octanol–water partition coefficient (Wildman–Crippen LogP) is 6.78. The Labute approximate surface area is 196 Å². The fourth-order valence-electron chi connectivity index (χ4n) is 3.75. The summed E-state index contributed by atoms with van der Waals surface area (Å²) in [5.41, 5.74) is 2.11. The SMILES string of the molecule is CCCCCCCCCCCCCC(=O)Nc1ccc(N(C)C)c(C(=O)NCC(C)C)c1. The molecule has 5 nitrogen and oxygen atoms in total. The minimum absolute atomic E-state index is 0.0204. The summed E-state index contributed by atoms with van der Waals surface area (Å²) in [4.78, 5) is 26.9. The van der Waals surface area contributed by atoms with Gasteiger partial charge in [0.15, 0.2) is 0 Å². The summed E-state index contributed by atoms with van der Waals surface area (Å²) < 4.78 is 0. The Morgan fingerprint density at radius 3 is 1.97 bits per heavy atom. The second-order valence-electron chi connectivity index (χ2n) is 9.56. The number of hydrogen-bond acceptors (Lipinski definition) is 3. The van der Waals surface area contributed by atoms with Crippen molar-refractivity contribution in [3.63, 3.8) is 0 Å². The molecule has 0 aliphatic carbocycles. The number of amides is 2. The second kappa shape index (κ2) is 16.6. The fourth-order valence-corrected chi connectivity index (χ4v) is 3.75. The number of benzene rings is 1. The van der Waals surface area contributed by atoms with Gasteiger partial charge in [-0.05, 0) is 30.5 Å². The lowest BCUT2D eigenvalue weighted by molar-refractivity contribution is -0.116. The Bertz CT molecular complexity index is 671. The molecular formula is C27H47N3O2. The molecular weight excluding hydrogens is 398 g/mol. The molecule has 0 aliphatic heterocycles. The van der Waals surface area contributed by atoms with Gasteiger partial charge in [0, 0.05) is 38.4 Å². The maximum Gasteiger partial charge on any atom is 0.253 e. The lowest BCUT2D eigenvalue weighted by Crippen LogP contribution is -2.29. The monoisotopic (exact) mass is 445 g/mol. The van der Waals surface area contributed by atoms with Gasteiger partial charge in [-0.25, -0.2) is 0 Å². The van der Waals surface area contributed by atoms with Crippen LogP contribution in [0.1, 0.15) is 108 Å². The number of carbonyl (C=O) groups is 2. The molecule has 1 aromatic rings. The number of nitrogens with zero attached hydrogens (tertiary/aromatic N) is 1. The van der Waals surface area contributed by atoms with Crippen molar-refractivity contribution in [1.82, 2.24) is 5.32 Å². The van der Waals surface area contributed by atoms with E-state index in [1.165, 1.54) is 57.8 Å². The van der Waals surface area contributed by atoms with Gasteiger partial charge in [0.25, 0.3) is 5.91 Å². The van der Waals surface area contributed by atoms with Crippen LogP contribution in [0.3, 0.4) is 0 Å². The lowest BCUT2D eigenvalue weighted by atomic mass is 10.1. The number of anilines is 2. The van der Waals surface area contributed by atoms with Crippen molar-refractivity contribution in [1.29, 1.82) is 0 Å². The fraction of sp³-hybridized carbons (Fsp3) is 0.704. The van der Waals surface area contributed by atoms with Crippen molar-refractivity contribution in [2.24, 2.45) is 5.92 Å². The van der Waals surface area contributed by atoms with Crippen LogP contribution >= 0.6 is 0 Å². The quantitative estimate of drug-likeness (QED) is 0.260. The molecule has 1 rings (SSSR count). The molecule has 0 aliphatic rings. The molecule has 2 amide bonds. The van der Waals surface area contributed by atoms with Crippen LogP contribution in [0.15, 0.2) is 18.2 Å². The molecule has 0 spiro atoms. The Balaban J connectivity index is 2.36. The van der Waals surface area contributed by atoms with E-state index in [-0.39, 0.29) is 11.8 Å². The smallest absolute Gasteiger partial charge is 0.253 e. The molecule has 0 saturated carbocycles. The van der Waals surface area contributed by atoms with Crippen LogP contribution in [0.5, 0.6) is 0 Å². The number of rotatable bonds is 17. The van der Waals surface area contributed by atoms with Gasteiger partial charge >= 0.3 is 0 Å². The third-order valence-corrected chi connectivity index (χ3v) is 5.69. The van der Waals surface area contributed by atoms with Gasteiger partial charge < -0.3 is 15.5 Å². The highest BCUT2D eigenvalue weighted by Crippen LogP contribution is 2.23. The Morgan fingerprint density at radius 1 is 0.875 bits per heavy atom. The van der Waals surface area contributed by atoms with Gasteiger partial charge in [0.05, 0.1) is 5.56 Å². The van der Waals surface area contributed by atoms with E-state index in [0.29, 0.717) is 30.1 Å². The van der Waals surface area contributed by atoms with E-state index in [9.17, 15) is 9.59 Å². The van der Waals surface area contributed by atoms with Crippen LogP contribution in [0, 0.1) is 5.92 Å². The average Bonchev–Trinajstić information content (AvgIpc) is 2.75. The zero-order valence-electron chi connectivity index (χ0n) is 21.3. The Hall–Kier alpha value is -2.04. The van der Waals surface area contributed by atoms with Crippen LogP contribution in [0.2, 0.25) is 0 Å². The van der Waals surface area contributed by atoms with Gasteiger partial charge in [-0.15, -0.1) is 0 Å². The molecule has 2 N–H and O–H groups in total. The first-order valence-electron chi connectivity index (χ1n) is 12.7. The molecule has 0 bridgehead atoms.